The van der Waals surface area contributed by atoms with Gasteiger partial charge in [-0.3, -0.25) is 0 Å². The highest BCUT2D eigenvalue weighted by Gasteiger charge is 2.27. The Morgan fingerprint density at radius 3 is 2.82 bits per heavy atom. The minimum absolute atomic E-state index is 0.171. The Labute approximate surface area is 142 Å². The fraction of sp³-hybridized carbons (Fsp3) is 0.667. The molecule has 0 aliphatic carbocycles. The highest BCUT2D eigenvalue weighted by atomic mass is 79.9. The van der Waals surface area contributed by atoms with Gasteiger partial charge in [0.1, 0.15) is 5.75 Å². The first kappa shape index (κ1) is 17.8. The van der Waals surface area contributed by atoms with Crippen LogP contribution in [0.25, 0.3) is 0 Å². The van der Waals surface area contributed by atoms with Crippen LogP contribution in [0.3, 0.4) is 0 Å². The molecule has 0 amide bonds. The summed E-state index contributed by atoms with van der Waals surface area (Å²) in [7, 11) is 0. The van der Waals surface area contributed by atoms with Gasteiger partial charge in [-0.25, -0.2) is 0 Å². The van der Waals surface area contributed by atoms with Gasteiger partial charge < -0.3 is 14.7 Å². The standard InChI is InChI=1S/C18H28BrNO2/c1-4-8-20-9-7-17(21)15(12-20)10-14-5-6-18(16(19)11-14)22-13(2)3/h5-6,11,13,15,17,21H,4,7-10,12H2,1-3H3. The first-order chi connectivity index (χ1) is 10.5. The summed E-state index contributed by atoms with van der Waals surface area (Å²) in [5.41, 5.74) is 1.25. The van der Waals surface area contributed by atoms with Gasteiger partial charge in [0.05, 0.1) is 16.7 Å². The van der Waals surface area contributed by atoms with Gasteiger partial charge in [-0.1, -0.05) is 13.0 Å². The van der Waals surface area contributed by atoms with Crippen molar-refractivity contribution in [2.24, 2.45) is 5.92 Å². The average Bonchev–Trinajstić information content (AvgIpc) is 2.45. The summed E-state index contributed by atoms with van der Waals surface area (Å²) in [5.74, 6) is 1.21. The Bertz CT molecular complexity index is 478. The lowest BCUT2D eigenvalue weighted by Crippen LogP contribution is -2.44. The van der Waals surface area contributed by atoms with Crippen molar-refractivity contribution < 1.29 is 9.84 Å². The predicted octanol–water partition coefficient (Wildman–Crippen LogP) is 3.87. The third-order valence-electron chi connectivity index (χ3n) is 4.17. The van der Waals surface area contributed by atoms with E-state index in [2.05, 4.69) is 39.9 Å². The number of benzene rings is 1. The van der Waals surface area contributed by atoms with Crippen LogP contribution in [0.15, 0.2) is 22.7 Å². The number of aliphatic hydroxyl groups excluding tert-OH is 1. The summed E-state index contributed by atoms with van der Waals surface area (Å²) < 4.78 is 6.75. The largest absolute Gasteiger partial charge is 0.490 e. The molecule has 1 saturated heterocycles. The molecule has 1 aliphatic heterocycles. The molecule has 0 spiro atoms. The van der Waals surface area contributed by atoms with Gasteiger partial charge in [-0.15, -0.1) is 0 Å². The topological polar surface area (TPSA) is 32.7 Å². The maximum absolute atomic E-state index is 10.3. The van der Waals surface area contributed by atoms with E-state index in [1.54, 1.807) is 0 Å². The van der Waals surface area contributed by atoms with Crippen LogP contribution in [0.1, 0.15) is 39.2 Å². The second kappa shape index (κ2) is 8.32. The third-order valence-corrected chi connectivity index (χ3v) is 4.79. The minimum atomic E-state index is -0.182. The Balaban J connectivity index is 2.01. The van der Waals surface area contributed by atoms with Crippen LogP contribution in [0, 0.1) is 5.92 Å². The number of rotatable bonds is 6. The van der Waals surface area contributed by atoms with E-state index in [1.165, 1.54) is 12.0 Å². The van der Waals surface area contributed by atoms with Crippen LogP contribution in [-0.2, 0) is 6.42 Å². The lowest BCUT2D eigenvalue weighted by molar-refractivity contribution is 0.0270. The summed E-state index contributed by atoms with van der Waals surface area (Å²) >= 11 is 3.59. The lowest BCUT2D eigenvalue weighted by Gasteiger charge is -2.36. The molecular weight excluding hydrogens is 342 g/mol. The summed E-state index contributed by atoms with van der Waals surface area (Å²) in [6.45, 7) is 9.42. The number of hydrogen-bond donors (Lipinski definition) is 1. The molecule has 2 atom stereocenters. The molecule has 0 radical (unpaired) electrons. The quantitative estimate of drug-likeness (QED) is 0.825. The minimum Gasteiger partial charge on any atom is -0.490 e. The van der Waals surface area contributed by atoms with Crippen molar-refractivity contribution in [3.8, 4) is 5.75 Å². The van der Waals surface area contributed by atoms with Crippen LogP contribution in [0.4, 0.5) is 0 Å². The van der Waals surface area contributed by atoms with E-state index >= 15 is 0 Å². The van der Waals surface area contributed by atoms with Crippen LogP contribution in [0.5, 0.6) is 5.75 Å². The summed E-state index contributed by atoms with van der Waals surface area (Å²) in [5, 5.41) is 10.3. The summed E-state index contributed by atoms with van der Waals surface area (Å²) in [4.78, 5) is 2.47. The Kier molecular flexibility index (Phi) is 6.72. The van der Waals surface area contributed by atoms with E-state index in [0.717, 1.165) is 42.7 Å². The highest BCUT2D eigenvalue weighted by Crippen LogP contribution is 2.29. The Hall–Kier alpha value is -0.580. The van der Waals surface area contributed by atoms with Crippen LogP contribution in [-0.4, -0.2) is 41.8 Å². The molecule has 1 aromatic rings. The van der Waals surface area contributed by atoms with Gasteiger partial charge in [0.2, 0.25) is 0 Å². The molecule has 0 saturated carbocycles. The van der Waals surface area contributed by atoms with Crippen molar-refractivity contribution in [2.75, 3.05) is 19.6 Å². The lowest BCUT2D eigenvalue weighted by atomic mass is 9.88. The second-order valence-corrected chi connectivity index (χ2v) is 7.41. The maximum atomic E-state index is 10.3. The van der Waals surface area contributed by atoms with E-state index in [0.29, 0.717) is 5.92 Å². The molecule has 22 heavy (non-hydrogen) atoms. The highest BCUT2D eigenvalue weighted by molar-refractivity contribution is 9.10. The van der Waals surface area contributed by atoms with Gasteiger partial charge in [-0.2, -0.15) is 0 Å². The number of hydrogen-bond acceptors (Lipinski definition) is 3. The van der Waals surface area contributed by atoms with Gasteiger partial charge >= 0.3 is 0 Å². The van der Waals surface area contributed by atoms with Crippen molar-refractivity contribution in [1.29, 1.82) is 0 Å². The fourth-order valence-electron chi connectivity index (χ4n) is 3.14. The first-order valence-corrected chi connectivity index (χ1v) is 9.14. The monoisotopic (exact) mass is 369 g/mol. The number of ether oxygens (including phenoxy) is 1. The molecule has 2 rings (SSSR count). The number of halogens is 1. The zero-order chi connectivity index (χ0) is 16.1. The van der Waals surface area contributed by atoms with Crippen LogP contribution < -0.4 is 4.74 Å². The van der Waals surface area contributed by atoms with Crippen molar-refractivity contribution >= 4 is 15.9 Å². The van der Waals surface area contributed by atoms with E-state index in [4.69, 9.17) is 4.74 Å². The molecular formula is C18H28BrNO2. The van der Waals surface area contributed by atoms with Crippen LogP contribution >= 0.6 is 15.9 Å². The van der Waals surface area contributed by atoms with E-state index in [1.807, 2.05) is 19.9 Å². The van der Waals surface area contributed by atoms with Crippen molar-refractivity contribution in [1.82, 2.24) is 4.90 Å². The van der Waals surface area contributed by atoms with Crippen LogP contribution in [0.2, 0.25) is 0 Å². The molecule has 0 aromatic heterocycles. The normalized spacial score (nSPS) is 23.0. The zero-order valence-electron chi connectivity index (χ0n) is 13.9. The van der Waals surface area contributed by atoms with Crippen molar-refractivity contribution in [3.63, 3.8) is 0 Å². The molecule has 1 aliphatic rings. The van der Waals surface area contributed by atoms with Gasteiger partial charge in [0.15, 0.2) is 0 Å². The second-order valence-electron chi connectivity index (χ2n) is 6.55. The van der Waals surface area contributed by atoms with Gasteiger partial charge in [0, 0.05) is 19.0 Å². The Morgan fingerprint density at radius 1 is 1.41 bits per heavy atom. The fourth-order valence-corrected chi connectivity index (χ4v) is 3.66. The molecule has 0 bridgehead atoms. The summed E-state index contributed by atoms with van der Waals surface area (Å²) in [6.07, 6.45) is 2.97. The average molecular weight is 370 g/mol. The number of piperidine rings is 1. The molecule has 124 valence electrons. The van der Waals surface area contributed by atoms with E-state index in [-0.39, 0.29) is 12.2 Å². The molecule has 4 heteroatoms. The molecule has 1 N–H and O–H groups in total. The number of likely N-dealkylation sites (tertiary alicyclic amines) is 1. The smallest absolute Gasteiger partial charge is 0.133 e. The first-order valence-electron chi connectivity index (χ1n) is 8.35. The van der Waals surface area contributed by atoms with E-state index < -0.39 is 0 Å². The third kappa shape index (κ3) is 4.97. The predicted molar refractivity (Wildman–Crippen MR) is 94.5 cm³/mol. The maximum Gasteiger partial charge on any atom is 0.133 e. The van der Waals surface area contributed by atoms with Gasteiger partial charge in [0.25, 0.3) is 0 Å². The molecule has 1 fully saturated rings. The van der Waals surface area contributed by atoms with Gasteiger partial charge in [-0.05, 0) is 73.3 Å². The zero-order valence-corrected chi connectivity index (χ0v) is 15.5. The SMILES string of the molecule is CCCN1CCC(O)C(Cc2ccc(OC(C)C)c(Br)c2)C1. The van der Waals surface area contributed by atoms with Crippen molar-refractivity contribution in [2.45, 2.75) is 52.2 Å². The molecule has 1 heterocycles. The van der Waals surface area contributed by atoms with Crippen molar-refractivity contribution in [3.05, 3.63) is 28.2 Å². The number of nitrogens with zero attached hydrogens (tertiary/aromatic N) is 1. The molecule has 3 nitrogen and oxygen atoms in total. The Morgan fingerprint density at radius 2 is 2.18 bits per heavy atom. The van der Waals surface area contributed by atoms with E-state index in [9.17, 15) is 5.11 Å². The molecule has 2 unspecified atom stereocenters. The number of aliphatic hydroxyl groups is 1. The summed E-state index contributed by atoms with van der Waals surface area (Å²) in [6, 6.07) is 6.27. The molecule has 1 aromatic carbocycles.